The molecule has 10 heteroatoms. The van der Waals surface area contributed by atoms with Crippen molar-refractivity contribution >= 4 is 19.8 Å². The Morgan fingerprint density at radius 2 is 1.09 bits per heavy atom. The molecule has 0 amide bonds. The zero-order chi connectivity index (χ0) is 41.9. The third-order valence-corrected chi connectivity index (χ3v) is 9.48. The highest BCUT2D eigenvalue weighted by Crippen LogP contribution is 2.36. The molecule has 0 aliphatic rings. The lowest BCUT2D eigenvalue weighted by atomic mass is 10.1. The third kappa shape index (κ3) is 44.1. The minimum Gasteiger partial charge on any atom is -0.462 e. The first-order valence-corrected chi connectivity index (χ1v) is 23.5. The van der Waals surface area contributed by atoms with E-state index in [4.69, 9.17) is 19.3 Å². The number of esters is 2. The zero-order valence-corrected chi connectivity index (χ0v) is 36.5. The van der Waals surface area contributed by atoms with E-state index in [-0.39, 0.29) is 19.4 Å². The molecule has 326 valence electrons. The Balaban J connectivity index is 4.06. The molecule has 0 heterocycles. The van der Waals surface area contributed by atoms with E-state index >= 15 is 0 Å². The number of unbranched alkanes of at least 4 members (excludes halogenated alkanes) is 15. The van der Waals surface area contributed by atoms with Crippen LogP contribution in [0.15, 0.2) is 85.1 Å². The molecule has 0 rings (SSSR count). The summed E-state index contributed by atoms with van der Waals surface area (Å²) in [6.45, 7) is 3.41. The fraction of sp³-hybridized carbons (Fsp3) is 0.660. The number of rotatable bonds is 39. The Morgan fingerprint density at radius 3 is 1.67 bits per heavy atom. The molecular weight excluding hydrogens is 739 g/mol. The number of carbonyl (C=O) groups excluding carboxylic acids is 2. The molecule has 0 aromatic rings. The van der Waals surface area contributed by atoms with Crippen LogP contribution in [-0.2, 0) is 28.2 Å². The first-order chi connectivity index (χ1) is 27.7. The van der Waals surface area contributed by atoms with Crippen LogP contribution < -0.4 is 0 Å². The van der Waals surface area contributed by atoms with E-state index in [2.05, 4.69) is 48.8 Å². The molecule has 9 nitrogen and oxygen atoms in total. The van der Waals surface area contributed by atoms with E-state index in [1.807, 2.05) is 48.6 Å². The monoisotopic (exact) mass is 819 g/mol. The van der Waals surface area contributed by atoms with Crippen LogP contribution in [0.2, 0.25) is 0 Å². The molecule has 1 unspecified atom stereocenters. The summed E-state index contributed by atoms with van der Waals surface area (Å²) in [5, 5.41) is 9.82. The minimum atomic E-state index is -4.79. The van der Waals surface area contributed by atoms with Crippen LogP contribution in [0.1, 0.15) is 174 Å². The number of allylic oxidation sites excluding steroid dienone is 12. The van der Waals surface area contributed by atoms with Crippen LogP contribution in [0.4, 0.5) is 0 Å². The van der Waals surface area contributed by atoms with E-state index in [1.54, 1.807) is 6.08 Å². The van der Waals surface area contributed by atoms with Crippen LogP contribution in [0.3, 0.4) is 0 Å². The van der Waals surface area contributed by atoms with Gasteiger partial charge in [0.25, 0.3) is 0 Å². The van der Waals surface area contributed by atoms with Crippen molar-refractivity contribution in [1.29, 1.82) is 0 Å². The zero-order valence-electron chi connectivity index (χ0n) is 35.6. The molecule has 0 aliphatic heterocycles. The van der Waals surface area contributed by atoms with Crippen molar-refractivity contribution in [3.8, 4) is 0 Å². The summed E-state index contributed by atoms with van der Waals surface area (Å²) in [5.74, 6) is -1.01. The minimum absolute atomic E-state index is 0.122. The normalized spacial score (nSPS) is 13.8. The van der Waals surface area contributed by atoms with E-state index in [1.165, 1.54) is 83.5 Å². The molecule has 0 saturated carbocycles. The lowest BCUT2D eigenvalue weighted by Crippen LogP contribution is -2.29. The summed E-state index contributed by atoms with van der Waals surface area (Å²) >= 11 is 0. The standard InChI is InChI=1S/C47H79O9P/c1-3-5-7-8-9-10-11-12-13-14-15-16-17-20-24-27-30-33-37-41-47(50)56-45(43-55-57(51,52)53)42-54-46(49)40-36-32-29-26-23-21-18-19-22-25-28-31-35-39-44(48)38-34-6-4-2/h6,12-13,19,21-23,28-29,31-32,34-35,39,44-45,48H,3-5,7-11,14-18,20,24-27,30,33,36-38,40-43H2,1-2H3,(H2,51,52,53)/b13-12-,22-19-,23-21-,31-28+,32-29-,34-6-,39-35+/t44?,45-/m1/s1. The van der Waals surface area contributed by atoms with Gasteiger partial charge < -0.3 is 24.4 Å². The maximum atomic E-state index is 12.4. The third-order valence-electron chi connectivity index (χ3n) is 8.99. The average molecular weight is 819 g/mol. The summed E-state index contributed by atoms with van der Waals surface area (Å²) in [6.07, 6.45) is 52.2. The molecule has 0 fully saturated rings. The molecule has 0 saturated heterocycles. The Kier molecular flexibility index (Phi) is 39.3. The van der Waals surface area contributed by atoms with Crippen LogP contribution in [-0.4, -0.2) is 52.3 Å². The van der Waals surface area contributed by atoms with Crippen LogP contribution in [0.5, 0.6) is 0 Å². The number of hydrogen-bond donors (Lipinski definition) is 3. The highest BCUT2D eigenvalue weighted by Gasteiger charge is 2.22. The van der Waals surface area contributed by atoms with E-state index < -0.39 is 38.6 Å². The van der Waals surface area contributed by atoms with Crippen molar-refractivity contribution in [3.05, 3.63) is 85.1 Å². The molecule has 2 atom stereocenters. The smallest absolute Gasteiger partial charge is 0.462 e. The maximum absolute atomic E-state index is 12.4. The molecule has 0 radical (unpaired) electrons. The maximum Gasteiger partial charge on any atom is 0.469 e. The van der Waals surface area contributed by atoms with Crippen LogP contribution in [0.25, 0.3) is 0 Å². The second-order valence-corrected chi connectivity index (χ2v) is 15.7. The Bertz CT molecular complexity index is 1210. The highest BCUT2D eigenvalue weighted by atomic mass is 31.2. The van der Waals surface area contributed by atoms with Crippen LogP contribution >= 0.6 is 7.82 Å². The summed E-state index contributed by atoms with van der Waals surface area (Å²) in [4.78, 5) is 42.9. The topological polar surface area (TPSA) is 140 Å². The molecule has 0 spiro atoms. The van der Waals surface area contributed by atoms with Crippen molar-refractivity contribution in [2.24, 2.45) is 0 Å². The largest absolute Gasteiger partial charge is 0.469 e. The van der Waals surface area contributed by atoms with Gasteiger partial charge in [-0.1, -0.05) is 176 Å². The van der Waals surface area contributed by atoms with Gasteiger partial charge in [-0.15, -0.1) is 0 Å². The number of carbonyl (C=O) groups is 2. The number of aliphatic hydroxyl groups is 1. The number of hydrogen-bond acceptors (Lipinski definition) is 7. The van der Waals surface area contributed by atoms with Crippen molar-refractivity contribution in [2.45, 2.75) is 187 Å². The lowest BCUT2D eigenvalue weighted by molar-refractivity contribution is -0.161. The first kappa shape index (κ1) is 54.2. The van der Waals surface area contributed by atoms with Gasteiger partial charge in [0.2, 0.25) is 0 Å². The van der Waals surface area contributed by atoms with Crippen molar-refractivity contribution in [1.82, 2.24) is 0 Å². The van der Waals surface area contributed by atoms with Gasteiger partial charge in [0, 0.05) is 12.8 Å². The van der Waals surface area contributed by atoms with Gasteiger partial charge in [-0.25, -0.2) is 4.57 Å². The fourth-order valence-corrected chi connectivity index (χ4v) is 6.07. The van der Waals surface area contributed by atoms with E-state index in [9.17, 15) is 19.3 Å². The Labute approximate surface area is 346 Å². The van der Waals surface area contributed by atoms with Crippen molar-refractivity contribution in [2.75, 3.05) is 13.2 Å². The van der Waals surface area contributed by atoms with Gasteiger partial charge in [0.15, 0.2) is 6.10 Å². The number of phosphoric acid groups is 1. The summed E-state index contributed by atoms with van der Waals surface area (Å²) in [7, 11) is -4.79. The van der Waals surface area contributed by atoms with Crippen molar-refractivity contribution in [3.63, 3.8) is 0 Å². The second kappa shape index (κ2) is 41.4. The highest BCUT2D eigenvalue weighted by molar-refractivity contribution is 7.46. The predicted molar refractivity (Wildman–Crippen MR) is 236 cm³/mol. The molecule has 0 aromatic heterocycles. The second-order valence-electron chi connectivity index (χ2n) is 14.5. The molecular formula is C47H79O9P. The molecule has 0 aromatic carbocycles. The molecule has 0 aliphatic carbocycles. The molecule has 57 heavy (non-hydrogen) atoms. The lowest BCUT2D eigenvalue weighted by Gasteiger charge is -2.18. The SMILES string of the molecule is CC/C=C\CC(O)/C=C/C=C/C/C=C\C/C=C\C/C=C\CCC(=O)OC[C@H](COP(=O)(O)O)OC(=O)CCCCCCCCCCC/C=C\CCCCCCCC. The van der Waals surface area contributed by atoms with Crippen LogP contribution in [0, 0.1) is 0 Å². The van der Waals surface area contributed by atoms with Gasteiger partial charge >= 0.3 is 19.8 Å². The van der Waals surface area contributed by atoms with Crippen molar-refractivity contribution < 1.29 is 43.0 Å². The summed E-state index contributed by atoms with van der Waals surface area (Å²) < 4.78 is 26.3. The average Bonchev–Trinajstić information content (AvgIpc) is 3.18. The van der Waals surface area contributed by atoms with Gasteiger partial charge in [0.1, 0.15) is 6.61 Å². The summed E-state index contributed by atoms with van der Waals surface area (Å²) in [6, 6.07) is 0. The summed E-state index contributed by atoms with van der Waals surface area (Å²) in [5.41, 5.74) is 0. The Hall–Kier alpha value is -2.81. The van der Waals surface area contributed by atoms with E-state index in [0.717, 1.165) is 44.9 Å². The molecule has 3 N–H and O–H groups in total. The van der Waals surface area contributed by atoms with E-state index in [0.29, 0.717) is 19.3 Å². The fourth-order valence-electron chi connectivity index (χ4n) is 5.71. The quantitative estimate of drug-likeness (QED) is 0.0182. The van der Waals surface area contributed by atoms with Gasteiger partial charge in [0.05, 0.1) is 12.7 Å². The predicted octanol–water partition coefficient (Wildman–Crippen LogP) is 12.6. The first-order valence-electron chi connectivity index (χ1n) is 22.0. The number of ether oxygens (including phenoxy) is 2. The van der Waals surface area contributed by atoms with Gasteiger partial charge in [-0.05, 0) is 70.6 Å². The number of phosphoric ester groups is 1. The number of aliphatic hydroxyl groups excluding tert-OH is 1. The molecule has 0 bridgehead atoms. The Morgan fingerprint density at radius 1 is 0.561 bits per heavy atom. The van der Waals surface area contributed by atoms with Gasteiger partial charge in [-0.2, -0.15) is 0 Å². The van der Waals surface area contributed by atoms with Gasteiger partial charge in [-0.3, -0.25) is 14.1 Å².